The van der Waals surface area contributed by atoms with Gasteiger partial charge in [0.25, 0.3) is 0 Å². The molecule has 0 N–H and O–H groups in total. The fourth-order valence-electron chi connectivity index (χ4n) is 9.27. The molecule has 6 atom stereocenters. The van der Waals surface area contributed by atoms with Gasteiger partial charge in [0.15, 0.2) is 0 Å². The van der Waals surface area contributed by atoms with E-state index in [-0.39, 0.29) is 16.6 Å². The predicted molar refractivity (Wildman–Crippen MR) is 145 cm³/mol. The van der Waals surface area contributed by atoms with Crippen LogP contribution >= 0.6 is 0 Å². The van der Waals surface area contributed by atoms with Crippen LogP contribution in [0, 0.1) is 11.3 Å². The Balaban J connectivity index is 1.24. The Morgan fingerprint density at radius 2 is 1.89 bits per heavy atom. The van der Waals surface area contributed by atoms with Crippen molar-refractivity contribution in [2.45, 2.75) is 94.8 Å². The largest absolute Gasteiger partial charge is 0.359 e. The summed E-state index contributed by atoms with van der Waals surface area (Å²) in [5.74, 6) is 1.24. The molecule has 184 valence electrons. The minimum Gasteiger partial charge on any atom is -0.359 e. The van der Waals surface area contributed by atoms with Crippen molar-refractivity contribution in [1.29, 1.82) is 0 Å². The first-order valence-corrected chi connectivity index (χ1v) is 14.3. The zero-order chi connectivity index (χ0) is 23.8. The van der Waals surface area contributed by atoms with Gasteiger partial charge in [-0.3, -0.25) is 0 Å². The van der Waals surface area contributed by atoms with Crippen LogP contribution in [0.2, 0.25) is 0 Å². The summed E-state index contributed by atoms with van der Waals surface area (Å²) in [7, 11) is 2.33. The topological polar surface area (TPSA) is 12.5 Å². The molecule has 5 aliphatic rings. The van der Waals surface area contributed by atoms with Crippen molar-refractivity contribution in [2.24, 2.45) is 11.3 Å². The Kier molecular flexibility index (Phi) is 4.97. The highest BCUT2D eigenvalue weighted by molar-refractivity contribution is 5.83. The van der Waals surface area contributed by atoms with Crippen molar-refractivity contribution in [3.63, 3.8) is 0 Å². The smallest absolute Gasteiger partial charge is 0.0974 e. The maximum Gasteiger partial charge on any atom is 0.0974 e. The Labute approximate surface area is 211 Å². The molecule has 2 bridgehead atoms. The summed E-state index contributed by atoms with van der Waals surface area (Å²) in [5.41, 5.74) is 4.93. The van der Waals surface area contributed by atoms with Crippen LogP contribution in [0.4, 0.5) is 0 Å². The van der Waals surface area contributed by atoms with Crippen molar-refractivity contribution in [1.82, 2.24) is 4.90 Å². The molecular weight excluding hydrogens is 426 g/mol. The van der Waals surface area contributed by atoms with Crippen LogP contribution in [0.15, 0.2) is 65.8 Å². The van der Waals surface area contributed by atoms with Crippen molar-refractivity contribution in [2.75, 3.05) is 13.6 Å². The Morgan fingerprint density at radius 3 is 2.74 bits per heavy atom. The Morgan fingerprint density at radius 1 is 1.03 bits per heavy atom. The van der Waals surface area contributed by atoms with Gasteiger partial charge >= 0.3 is 0 Å². The van der Waals surface area contributed by atoms with E-state index >= 15 is 0 Å². The van der Waals surface area contributed by atoms with Crippen molar-refractivity contribution in [3.05, 3.63) is 71.3 Å². The van der Waals surface area contributed by atoms with E-state index in [4.69, 9.17) is 4.74 Å². The summed E-state index contributed by atoms with van der Waals surface area (Å²) < 4.78 is 7.51. The molecule has 2 spiro atoms. The quantitative estimate of drug-likeness (QED) is 0.455. The molecule has 3 aliphatic carbocycles. The average molecular weight is 468 g/mol. The summed E-state index contributed by atoms with van der Waals surface area (Å²) >= 11 is 0. The van der Waals surface area contributed by atoms with Crippen molar-refractivity contribution < 1.29 is 4.74 Å². The predicted octanol–water partition coefficient (Wildman–Crippen LogP) is 7.79. The number of nitrogens with zero attached hydrogens (tertiary/aromatic N) is 1. The van der Waals surface area contributed by atoms with E-state index in [9.17, 15) is 0 Å². The first-order chi connectivity index (χ1) is 17.0. The van der Waals surface area contributed by atoms with Crippen molar-refractivity contribution in [3.8, 4) is 0 Å². The molecule has 2 aromatic rings. The van der Waals surface area contributed by atoms with Crippen LogP contribution in [0.5, 0.6) is 0 Å². The third-order valence-electron chi connectivity index (χ3n) is 11.0. The molecule has 1 unspecified atom stereocenters. The Bertz CT molecular complexity index is 1230. The third kappa shape index (κ3) is 3.08. The van der Waals surface area contributed by atoms with E-state index in [0.29, 0.717) is 17.9 Å². The standard InChI is InChI=1S/C33H41NO/c1-4-19-34(3)28-12-11-26-21-27-15-16-31(2)29(25-10-9-23-7-5-6-8-24(23)20-25)13-14-30(31)33(27)18-17-32(26,22-28)35-33/h5-10,15,20-21,28-30H,4,11-14,16-19,22H2,1-3H3/t28-,29+,30+,31+,32?,33+/m0/s1. The van der Waals surface area contributed by atoms with E-state index in [1.807, 2.05) is 0 Å². The van der Waals surface area contributed by atoms with Gasteiger partial charge in [-0.15, -0.1) is 0 Å². The first kappa shape index (κ1) is 22.3. The van der Waals surface area contributed by atoms with Gasteiger partial charge < -0.3 is 9.64 Å². The van der Waals surface area contributed by atoms with E-state index in [0.717, 1.165) is 0 Å². The van der Waals surface area contributed by atoms with E-state index < -0.39 is 0 Å². The van der Waals surface area contributed by atoms with E-state index in [1.54, 1.807) is 16.7 Å². The average Bonchev–Trinajstić information content (AvgIpc) is 3.38. The van der Waals surface area contributed by atoms with E-state index in [1.165, 1.54) is 75.1 Å². The second-order valence-corrected chi connectivity index (χ2v) is 12.7. The van der Waals surface area contributed by atoms with Gasteiger partial charge in [0.1, 0.15) is 0 Å². The number of allylic oxidation sites excluding steroid dienone is 1. The molecule has 1 saturated heterocycles. The third-order valence-corrected chi connectivity index (χ3v) is 11.0. The maximum atomic E-state index is 7.51. The summed E-state index contributed by atoms with van der Waals surface area (Å²) in [6.07, 6.45) is 16.4. The number of fused-ring (bicyclic) bond motifs is 2. The highest BCUT2D eigenvalue weighted by Gasteiger charge is 2.66. The van der Waals surface area contributed by atoms with Crippen LogP contribution in [0.3, 0.4) is 0 Å². The van der Waals surface area contributed by atoms with Crippen LogP contribution in [-0.4, -0.2) is 35.7 Å². The summed E-state index contributed by atoms with van der Waals surface area (Å²) in [6.45, 7) is 6.10. The summed E-state index contributed by atoms with van der Waals surface area (Å²) in [6, 6.07) is 16.7. The number of hydrogen-bond acceptors (Lipinski definition) is 2. The number of hydrogen-bond donors (Lipinski definition) is 0. The lowest BCUT2D eigenvalue weighted by molar-refractivity contribution is -0.140. The van der Waals surface area contributed by atoms with Gasteiger partial charge in [-0.1, -0.05) is 68.5 Å². The lowest BCUT2D eigenvalue weighted by Crippen LogP contribution is -2.55. The van der Waals surface area contributed by atoms with E-state index in [2.05, 4.69) is 80.4 Å². The van der Waals surface area contributed by atoms with Gasteiger partial charge in [0, 0.05) is 6.04 Å². The molecule has 0 aromatic heterocycles. The second-order valence-electron chi connectivity index (χ2n) is 12.7. The Hall–Kier alpha value is -1.90. The number of ether oxygens (including phenoxy) is 1. The molecule has 2 heterocycles. The summed E-state index contributed by atoms with van der Waals surface area (Å²) in [4.78, 5) is 2.61. The molecular formula is C33H41NO. The van der Waals surface area contributed by atoms with Crippen molar-refractivity contribution >= 4 is 10.8 Å². The second kappa shape index (κ2) is 7.80. The van der Waals surface area contributed by atoms with Gasteiger partial charge in [-0.25, -0.2) is 0 Å². The maximum absolute atomic E-state index is 7.51. The molecule has 7 rings (SSSR count). The van der Waals surface area contributed by atoms with Gasteiger partial charge in [0.05, 0.1) is 11.2 Å². The number of benzene rings is 2. The zero-order valence-electron chi connectivity index (χ0n) is 21.9. The fourth-order valence-corrected chi connectivity index (χ4v) is 9.27. The normalized spacial score (nSPS) is 39.7. The molecule has 2 heteroatoms. The molecule has 2 nitrogen and oxygen atoms in total. The van der Waals surface area contributed by atoms with Crippen LogP contribution in [0.1, 0.15) is 83.1 Å². The molecule has 2 saturated carbocycles. The van der Waals surface area contributed by atoms with Crippen LogP contribution < -0.4 is 0 Å². The number of rotatable bonds is 4. The molecule has 0 amide bonds. The molecule has 2 aromatic carbocycles. The zero-order valence-corrected chi connectivity index (χ0v) is 21.9. The van der Waals surface area contributed by atoms with Crippen LogP contribution in [0.25, 0.3) is 10.8 Å². The fraction of sp³-hybridized carbons (Fsp3) is 0.576. The lowest BCUT2D eigenvalue weighted by atomic mass is 9.58. The highest BCUT2D eigenvalue weighted by atomic mass is 16.5. The lowest BCUT2D eigenvalue weighted by Gasteiger charge is -2.55. The van der Waals surface area contributed by atoms with Gasteiger partial charge in [-0.05, 0) is 116 Å². The molecule has 35 heavy (non-hydrogen) atoms. The molecule has 3 fully saturated rings. The highest BCUT2D eigenvalue weighted by Crippen LogP contribution is 2.69. The summed E-state index contributed by atoms with van der Waals surface area (Å²) in [5, 5.41) is 2.74. The minimum absolute atomic E-state index is 0.00153. The SMILES string of the molecule is CCCN(C)[C@H]1CCC2=CC3=CC[C@]4(C)[C@@H](c5ccc6ccccc6c5)CC[C@H]4[C@@]34CCC2(C1)O4. The minimum atomic E-state index is -0.0483. The van der Waals surface area contributed by atoms with Gasteiger partial charge in [0.2, 0.25) is 0 Å². The first-order valence-electron chi connectivity index (χ1n) is 14.3. The molecule has 2 aliphatic heterocycles. The monoisotopic (exact) mass is 467 g/mol. The van der Waals surface area contributed by atoms with Crippen LogP contribution in [-0.2, 0) is 4.74 Å². The molecule has 0 radical (unpaired) electrons. The van der Waals surface area contributed by atoms with Gasteiger partial charge in [-0.2, -0.15) is 0 Å².